The standard InChI is InChI=1S/C10H20N2O2S2/c1-7-4-5-8(2)12(6-7)16(13,14)9(3)10(11)15/h7-9H,4-6H2,1-3H3,(H2,11,15). The van der Waals surface area contributed by atoms with Gasteiger partial charge in [-0.15, -0.1) is 0 Å². The van der Waals surface area contributed by atoms with Gasteiger partial charge in [0.2, 0.25) is 10.0 Å². The first-order valence-electron chi connectivity index (χ1n) is 5.56. The van der Waals surface area contributed by atoms with Crippen molar-refractivity contribution in [3.05, 3.63) is 0 Å². The van der Waals surface area contributed by atoms with Crippen LogP contribution < -0.4 is 5.73 Å². The Balaban J connectivity index is 2.93. The molecule has 94 valence electrons. The summed E-state index contributed by atoms with van der Waals surface area (Å²) < 4.78 is 26.0. The van der Waals surface area contributed by atoms with Crippen molar-refractivity contribution in [1.29, 1.82) is 0 Å². The molecular formula is C10H20N2O2S2. The summed E-state index contributed by atoms with van der Waals surface area (Å²) in [6.45, 7) is 6.15. The Morgan fingerprint density at radius 2 is 2.00 bits per heavy atom. The lowest BCUT2D eigenvalue weighted by molar-refractivity contribution is 0.217. The van der Waals surface area contributed by atoms with E-state index in [1.807, 2.05) is 6.92 Å². The Kier molecular flexibility index (Phi) is 4.31. The fourth-order valence-electron chi connectivity index (χ4n) is 1.95. The van der Waals surface area contributed by atoms with Gasteiger partial charge in [-0.1, -0.05) is 19.1 Å². The number of hydrogen-bond donors (Lipinski definition) is 1. The topological polar surface area (TPSA) is 63.4 Å². The lowest BCUT2D eigenvalue weighted by atomic mass is 9.97. The molecule has 1 fully saturated rings. The van der Waals surface area contributed by atoms with E-state index >= 15 is 0 Å². The number of sulfonamides is 1. The summed E-state index contributed by atoms with van der Waals surface area (Å²) in [5, 5.41) is -0.768. The molecule has 0 aromatic rings. The molecule has 1 aliphatic heterocycles. The summed E-state index contributed by atoms with van der Waals surface area (Å²) >= 11 is 4.78. The van der Waals surface area contributed by atoms with E-state index in [1.54, 1.807) is 11.2 Å². The summed E-state index contributed by atoms with van der Waals surface area (Å²) in [5.74, 6) is 0.407. The summed E-state index contributed by atoms with van der Waals surface area (Å²) in [6, 6.07) is 0.0537. The molecule has 3 unspecified atom stereocenters. The summed E-state index contributed by atoms with van der Waals surface area (Å²) in [6.07, 6.45) is 1.99. The number of rotatable bonds is 3. The Bertz CT molecular complexity index is 367. The third-order valence-corrected chi connectivity index (χ3v) is 6.05. The first-order valence-corrected chi connectivity index (χ1v) is 7.48. The molecule has 0 radical (unpaired) electrons. The lowest BCUT2D eigenvalue weighted by Crippen LogP contribution is -2.50. The molecule has 0 aromatic carbocycles. The number of nitrogens with zero attached hydrogens (tertiary/aromatic N) is 1. The average molecular weight is 264 g/mol. The SMILES string of the molecule is CC1CCC(C)N(S(=O)(=O)C(C)C(N)=S)C1. The van der Waals surface area contributed by atoms with Gasteiger partial charge < -0.3 is 5.73 Å². The van der Waals surface area contributed by atoms with Crippen molar-refractivity contribution in [2.75, 3.05) is 6.54 Å². The van der Waals surface area contributed by atoms with Gasteiger partial charge in [0.05, 0.1) is 4.99 Å². The van der Waals surface area contributed by atoms with Crippen molar-refractivity contribution in [2.24, 2.45) is 11.7 Å². The van der Waals surface area contributed by atoms with Gasteiger partial charge in [0.25, 0.3) is 0 Å². The molecule has 0 saturated carbocycles. The van der Waals surface area contributed by atoms with Crippen molar-refractivity contribution < 1.29 is 8.42 Å². The molecule has 3 atom stereocenters. The first kappa shape index (κ1) is 13.9. The highest BCUT2D eigenvalue weighted by Gasteiger charge is 2.36. The number of piperidine rings is 1. The molecule has 1 saturated heterocycles. The Hall–Kier alpha value is -0.200. The third-order valence-electron chi connectivity index (χ3n) is 3.23. The first-order chi connectivity index (χ1) is 7.26. The Morgan fingerprint density at radius 1 is 1.44 bits per heavy atom. The van der Waals surface area contributed by atoms with Crippen LogP contribution in [0, 0.1) is 5.92 Å². The Morgan fingerprint density at radius 3 is 2.50 bits per heavy atom. The molecule has 0 aliphatic carbocycles. The van der Waals surface area contributed by atoms with Crippen LogP contribution in [0.4, 0.5) is 0 Å². The van der Waals surface area contributed by atoms with Crippen LogP contribution in [0.25, 0.3) is 0 Å². The predicted molar refractivity (Wildman–Crippen MR) is 69.7 cm³/mol. The van der Waals surface area contributed by atoms with Crippen LogP contribution >= 0.6 is 12.2 Å². The van der Waals surface area contributed by atoms with Gasteiger partial charge in [-0.25, -0.2) is 8.42 Å². The van der Waals surface area contributed by atoms with Crippen molar-refractivity contribution in [3.8, 4) is 0 Å². The van der Waals surface area contributed by atoms with E-state index in [0.717, 1.165) is 12.8 Å². The highest BCUT2D eigenvalue weighted by molar-refractivity contribution is 7.92. The quantitative estimate of drug-likeness (QED) is 0.776. The number of nitrogens with two attached hydrogens (primary N) is 1. The van der Waals surface area contributed by atoms with Crippen LogP contribution in [-0.2, 0) is 10.0 Å². The monoisotopic (exact) mass is 264 g/mol. The predicted octanol–water partition coefficient (Wildman–Crippen LogP) is 1.11. The van der Waals surface area contributed by atoms with Gasteiger partial charge in [0.15, 0.2) is 0 Å². The second kappa shape index (κ2) is 4.98. The van der Waals surface area contributed by atoms with Crippen molar-refractivity contribution in [2.45, 2.75) is 44.9 Å². The zero-order valence-corrected chi connectivity index (χ0v) is 11.6. The van der Waals surface area contributed by atoms with E-state index in [2.05, 4.69) is 6.92 Å². The van der Waals surface area contributed by atoms with Gasteiger partial charge in [-0.2, -0.15) is 4.31 Å². The van der Waals surface area contributed by atoms with Crippen molar-refractivity contribution in [1.82, 2.24) is 4.31 Å². The highest BCUT2D eigenvalue weighted by Crippen LogP contribution is 2.25. The Labute approximate surface area is 103 Å². The molecule has 0 aromatic heterocycles. The minimum atomic E-state index is -3.38. The molecule has 0 bridgehead atoms. The molecule has 4 nitrogen and oxygen atoms in total. The minimum absolute atomic E-state index is 0.0467. The average Bonchev–Trinajstić information content (AvgIpc) is 2.20. The zero-order valence-electron chi connectivity index (χ0n) is 10.0. The second-order valence-electron chi connectivity index (χ2n) is 4.69. The molecule has 6 heteroatoms. The molecule has 16 heavy (non-hydrogen) atoms. The van der Waals surface area contributed by atoms with Crippen LogP contribution in [0.1, 0.15) is 33.6 Å². The van der Waals surface area contributed by atoms with E-state index in [0.29, 0.717) is 12.5 Å². The lowest BCUT2D eigenvalue weighted by Gasteiger charge is -2.37. The maximum absolute atomic E-state index is 12.2. The second-order valence-corrected chi connectivity index (χ2v) is 7.37. The number of hydrogen-bond acceptors (Lipinski definition) is 3. The summed E-state index contributed by atoms with van der Waals surface area (Å²) in [5.41, 5.74) is 5.43. The van der Waals surface area contributed by atoms with E-state index in [-0.39, 0.29) is 11.0 Å². The van der Waals surface area contributed by atoms with Gasteiger partial charge in [-0.3, -0.25) is 0 Å². The summed E-state index contributed by atoms with van der Waals surface area (Å²) in [7, 11) is -3.38. The molecule has 2 N–H and O–H groups in total. The number of thiocarbonyl (C=S) groups is 1. The zero-order chi connectivity index (χ0) is 12.5. The normalized spacial score (nSPS) is 29.9. The summed E-state index contributed by atoms with van der Waals surface area (Å²) in [4.78, 5) is 0.0467. The molecule has 1 heterocycles. The molecule has 0 spiro atoms. The fourth-order valence-corrected chi connectivity index (χ4v) is 4.09. The van der Waals surface area contributed by atoms with Crippen LogP contribution in [-0.4, -0.2) is 35.5 Å². The van der Waals surface area contributed by atoms with Gasteiger partial charge in [0.1, 0.15) is 5.25 Å². The highest BCUT2D eigenvalue weighted by atomic mass is 32.2. The third kappa shape index (κ3) is 2.73. The van der Waals surface area contributed by atoms with Crippen LogP contribution in [0.2, 0.25) is 0 Å². The van der Waals surface area contributed by atoms with Gasteiger partial charge in [-0.05, 0) is 32.6 Å². The van der Waals surface area contributed by atoms with Crippen molar-refractivity contribution in [3.63, 3.8) is 0 Å². The minimum Gasteiger partial charge on any atom is -0.392 e. The van der Waals surface area contributed by atoms with Gasteiger partial charge in [0, 0.05) is 12.6 Å². The smallest absolute Gasteiger partial charge is 0.223 e. The maximum Gasteiger partial charge on any atom is 0.223 e. The van der Waals surface area contributed by atoms with Crippen LogP contribution in [0.3, 0.4) is 0 Å². The molecule has 1 aliphatic rings. The van der Waals surface area contributed by atoms with E-state index in [1.165, 1.54) is 0 Å². The molecule has 0 amide bonds. The molecule has 1 rings (SSSR count). The van der Waals surface area contributed by atoms with Crippen LogP contribution in [0.5, 0.6) is 0 Å². The van der Waals surface area contributed by atoms with E-state index < -0.39 is 15.3 Å². The van der Waals surface area contributed by atoms with Crippen LogP contribution in [0.15, 0.2) is 0 Å². The van der Waals surface area contributed by atoms with Crippen molar-refractivity contribution >= 4 is 27.2 Å². The fraction of sp³-hybridized carbons (Fsp3) is 0.900. The van der Waals surface area contributed by atoms with Gasteiger partial charge >= 0.3 is 0 Å². The maximum atomic E-state index is 12.2. The molecular weight excluding hydrogens is 244 g/mol. The van der Waals surface area contributed by atoms with E-state index in [4.69, 9.17) is 18.0 Å². The largest absolute Gasteiger partial charge is 0.392 e. The van der Waals surface area contributed by atoms with E-state index in [9.17, 15) is 8.42 Å².